The van der Waals surface area contributed by atoms with Gasteiger partial charge in [0.25, 0.3) is 0 Å². The van der Waals surface area contributed by atoms with Crippen molar-refractivity contribution in [2.45, 2.75) is 19.5 Å². The first-order valence-electron chi connectivity index (χ1n) is 8.74. The van der Waals surface area contributed by atoms with Gasteiger partial charge in [0.15, 0.2) is 0 Å². The SMILES string of the molecule is OC[C@]12COCC[C@H]1CN(Cc1cccc(Cn3cccn3)c1)C2. The van der Waals surface area contributed by atoms with Crippen LogP contribution in [-0.4, -0.2) is 52.7 Å². The summed E-state index contributed by atoms with van der Waals surface area (Å²) in [5.41, 5.74) is 2.55. The van der Waals surface area contributed by atoms with E-state index in [-0.39, 0.29) is 12.0 Å². The van der Waals surface area contributed by atoms with E-state index in [0.29, 0.717) is 12.5 Å². The zero-order chi connectivity index (χ0) is 16.4. The van der Waals surface area contributed by atoms with E-state index in [1.54, 1.807) is 0 Å². The number of ether oxygens (including phenoxy) is 1. The lowest BCUT2D eigenvalue weighted by atomic mass is 9.76. The molecule has 0 unspecified atom stereocenters. The molecular weight excluding hydrogens is 302 g/mol. The highest BCUT2D eigenvalue weighted by atomic mass is 16.5. The van der Waals surface area contributed by atoms with Crippen LogP contribution in [0, 0.1) is 11.3 Å². The molecule has 2 aliphatic rings. The number of rotatable bonds is 5. The molecule has 1 aromatic heterocycles. The molecule has 0 radical (unpaired) electrons. The number of hydrogen-bond acceptors (Lipinski definition) is 4. The van der Waals surface area contributed by atoms with E-state index < -0.39 is 0 Å². The van der Waals surface area contributed by atoms with Gasteiger partial charge in [0.2, 0.25) is 0 Å². The van der Waals surface area contributed by atoms with Gasteiger partial charge in [-0.05, 0) is 29.5 Å². The molecule has 128 valence electrons. The van der Waals surface area contributed by atoms with Gasteiger partial charge in [-0.2, -0.15) is 5.10 Å². The monoisotopic (exact) mass is 327 g/mol. The van der Waals surface area contributed by atoms with Crippen LogP contribution in [0.3, 0.4) is 0 Å². The Hall–Kier alpha value is -1.69. The summed E-state index contributed by atoms with van der Waals surface area (Å²) in [7, 11) is 0. The van der Waals surface area contributed by atoms with E-state index in [9.17, 15) is 5.11 Å². The molecule has 0 spiro atoms. The van der Waals surface area contributed by atoms with E-state index in [0.717, 1.165) is 39.2 Å². The van der Waals surface area contributed by atoms with Crippen LogP contribution >= 0.6 is 0 Å². The Kier molecular flexibility index (Phi) is 4.39. The molecule has 2 saturated heterocycles. The van der Waals surface area contributed by atoms with E-state index >= 15 is 0 Å². The lowest BCUT2D eigenvalue weighted by molar-refractivity contribution is -0.0561. The number of aliphatic hydroxyl groups excluding tert-OH is 1. The standard InChI is InChI=1S/C19H25N3O2/c23-14-19-13-21(12-18(19)5-8-24-15-19)10-16-3-1-4-17(9-16)11-22-7-2-6-20-22/h1-4,6-7,9,18,23H,5,8,10-15H2/t18-,19+/m0/s1. The van der Waals surface area contributed by atoms with Crippen molar-refractivity contribution in [1.82, 2.24) is 14.7 Å². The number of benzene rings is 1. The molecule has 0 saturated carbocycles. The largest absolute Gasteiger partial charge is 0.396 e. The fourth-order valence-electron chi connectivity index (χ4n) is 4.22. The van der Waals surface area contributed by atoms with Gasteiger partial charge in [-0.1, -0.05) is 24.3 Å². The first-order chi connectivity index (χ1) is 11.8. The summed E-state index contributed by atoms with van der Waals surface area (Å²) < 4.78 is 7.60. The second kappa shape index (κ2) is 6.67. The third kappa shape index (κ3) is 3.11. The van der Waals surface area contributed by atoms with Crippen molar-refractivity contribution in [2.24, 2.45) is 11.3 Å². The van der Waals surface area contributed by atoms with Crippen LogP contribution < -0.4 is 0 Å². The van der Waals surface area contributed by atoms with Crippen LogP contribution in [0.2, 0.25) is 0 Å². The zero-order valence-corrected chi connectivity index (χ0v) is 14.0. The highest BCUT2D eigenvalue weighted by molar-refractivity contribution is 5.24. The molecule has 2 aromatic rings. The number of fused-ring (bicyclic) bond motifs is 1. The van der Waals surface area contributed by atoms with Gasteiger partial charge in [-0.25, -0.2) is 0 Å². The minimum atomic E-state index is -0.0507. The van der Waals surface area contributed by atoms with Crippen LogP contribution in [0.15, 0.2) is 42.7 Å². The highest BCUT2D eigenvalue weighted by Crippen LogP contribution is 2.41. The Bertz CT molecular complexity index is 673. The van der Waals surface area contributed by atoms with Crippen molar-refractivity contribution in [3.8, 4) is 0 Å². The van der Waals surface area contributed by atoms with Crippen molar-refractivity contribution in [3.05, 3.63) is 53.9 Å². The van der Waals surface area contributed by atoms with E-state index in [4.69, 9.17) is 4.74 Å². The molecule has 0 aliphatic carbocycles. The molecule has 1 aromatic carbocycles. The van der Waals surface area contributed by atoms with Gasteiger partial charge in [-0.15, -0.1) is 0 Å². The molecule has 0 amide bonds. The summed E-state index contributed by atoms with van der Waals surface area (Å²) in [4.78, 5) is 2.47. The fourth-order valence-corrected chi connectivity index (χ4v) is 4.22. The molecule has 4 rings (SSSR count). The van der Waals surface area contributed by atoms with Gasteiger partial charge >= 0.3 is 0 Å². The van der Waals surface area contributed by atoms with Crippen molar-refractivity contribution in [3.63, 3.8) is 0 Å². The van der Waals surface area contributed by atoms with Gasteiger partial charge in [-0.3, -0.25) is 9.58 Å². The van der Waals surface area contributed by atoms with Crippen LogP contribution in [-0.2, 0) is 17.8 Å². The van der Waals surface area contributed by atoms with Crippen molar-refractivity contribution in [1.29, 1.82) is 0 Å². The maximum absolute atomic E-state index is 9.91. The zero-order valence-electron chi connectivity index (χ0n) is 14.0. The van der Waals surface area contributed by atoms with Crippen molar-refractivity contribution in [2.75, 3.05) is 32.9 Å². The summed E-state index contributed by atoms with van der Waals surface area (Å²) in [6.07, 6.45) is 4.87. The van der Waals surface area contributed by atoms with Gasteiger partial charge in [0.1, 0.15) is 0 Å². The average Bonchev–Trinajstić information content (AvgIpc) is 3.22. The number of aliphatic hydroxyl groups is 1. The molecule has 2 aliphatic heterocycles. The second-order valence-electron chi connectivity index (χ2n) is 7.25. The lowest BCUT2D eigenvalue weighted by Crippen LogP contribution is -2.42. The van der Waals surface area contributed by atoms with Gasteiger partial charge in [0, 0.05) is 44.0 Å². The van der Waals surface area contributed by atoms with Crippen LogP contribution in [0.5, 0.6) is 0 Å². The average molecular weight is 327 g/mol. The predicted octanol–water partition coefficient (Wildman–Crippen LogP) is 1.76. The Morgan fingerprint density at radius 3 is 2.88 bits per heavy atom. The van der Waals surface area contributed by atoms with E-state index in [1.807, 2.05) is 23.1 Å². The third-order valence-corrected chi connectivity index (χ3v) is 5.50. The highest BCUT2D eigenvalue weighted by Gasteiger charge is 2.47. The third-order valence-electron chi connectivity index (χ3n) is 5.50. The Balaban J connectivity index is 1.44. The lowest BCUT2D eigenvalue weighted by Gasteiger charge is -2.36. The smallest absolute Gasteiger partial charge is 0.0659 e. The molecular formula is C19H25N3O2. The topological polar surface area (TPSA) is 50.5 Å². The Morgan fingerprint density at radius 1 is 1.25 bits per heavy atom. The molecule has 5 heteroatoms. The number of hydrogen-bond donors (Lipinski definition) is 1. The minimum Gasteiger partial charge on any atom is -0.396 e. The van der Waals surface area contributed by atoms with Crippen molar-refractivity contribution < 1.29 is 9.84 Å². The molecule has 3 heterocycles. The molecule has 1 N–H and O–H groups in total. The van der Waals surface area contributed by atoms with Gasteiger partial charge < -0.3 is 9.84 Å². The Labute approximate surface area is 142 Å². The van der Waals surface area contributed by atoms with Crippen LogP contribution in [0.25, 0.3) is 0 Å². The quantitative estimate of drug-likeness (QED) is 0.909. The second-order valence-corrected chi connectivity index (χ2v) is 7.25. The number of likely N-dealkylation sites (tertiary alicyclic amines) is 1. The number of nitrogens with zero attached hydrogens (tertiary/aromatic N) is 3. The predicted molar refractivity (Wildman–Crippen MR) is 91.5 cm³/mol. The maximum Gasteiger partial charge on any atom is 0.0659 e. The summed E-state index contributed by atoms with van der Waals surface area (Å²) in [6, 6.07) is 10.7. The van der Waals surface area contributed by atoms with Crippen LogP contribution in [0.4, 0.5) is 0 Å². The van der Waals surface area contributed by atoms with Crippen LogP contribution in [0.1, 0.15) is 17.5 Å². The summed E-state index contributed by atoms with van der Waals surface area (Å²) in [6.45, 7) is 5.49. The molecule has 5 nitrogen and oxygen atoms in total. The molecule has 2 atom stereocenters. The first-order valence-corrected chi connectivity index (χ1v) is 8.74. The normalized spacial score (nSPS) is 27.3. The van der Waals surface area contributed by atoms with Crippen molar-refractivity contribution >= 4 is 0 Å². The maximum atomic E-state index is 9.91. The minimum absolute atomic E-state index is 0.0507. The summed E-state index contributed by atoms with van der Waals surface area (Å²) in [5, 5.41) is 14.2. The summed E-state index contributed by atoms with van der Waals surface area (Å²) >= 11 is 0. The Morgan fingerprint density at radius 2 is 2.12 bits per heavy atom. The van der Waals surface area contributed by atoms with E-state index in [1.165, 1.54) is 11.1 Å². The first kappa shape index (κ1) is 15.8. The van der Waals surface area contributed by atoms with E-state index in [2.05, 4.69) is 34.3 Å². The van der Waals surface area contributed by atoms with Gasteiger partial charge in [0.05, 0.1) is 19.8 Å². The summed E-state index contributed by atoms with van der Waals surface area (Å²) in [5.74, 6) is 0.559. The molecule has 24 heavy (non-hydrogen) atoms. The number of aromatic nitrogens is 2. The molecule has 2 fully saturated rings. The molecule has 0 bridgehead atoms. The fraction of sp³-hybridized carbons (Fsp3) is 0.526.